The largest absolute Gasteiger partial charge is 0.228 e. The summed E-state index contributed by atoms with van der Waals surface area (Å²) in [5.74, 6) is 0. The second-order valence-electron chi connectivity index (χ2n) is 0.701. The summed E-state index contributed by atoms with van der Waals surface area (Å²) in [6.07, 6.45) is 0. The molecule has 0 aliphatic heterocycles. The minimum Gasteiger partial charge on any atom is -0.0769 e. The van der Waals surface area contributed by atoms with Crippen LogP contribution in [0.15, 0.2) is 0 Å². The van der Waals surface area contributed by atoms with Crippen molar-refractivity contribution in [1.29, 1.82) is 0 Å². The summed E-state index contributed by atoms with van der Waals surface area (Å²) < 4.78 is -1.19. The first-order valence-corrected chi connectivity index (χ1v) is 7.64. The van der Waals surface area contributed by atoms with Crippen molar-refractivity contribution < 1.29 is 0 Å². The first-order chi connectivity index (χ1) is 2.94. The van der Waals surface area contributed by atoms with Gasteiger partial charge in [-0.1, -0.05) is 34.8 Å². The topological polar surface area (TPSA) is 0 Å². The van der Waals surface area contributed by atoms with Gasteiger partial charge < -0.3 is 0 Å². The highest BCUT2D eigenvalue weighted by Gasteiger charge is 2.27. The molecule has 44 valence electrons. The summed E-state index contributed by atoms with van der Waals surface area (Å²) in [6, 6.07) is 0. The Morgan fingerprint density at radius 2 is 1.29 bits per heavy atom. The predicted octanol–water partition coefficient (Wildman–Crippen LogP) is 4.42. The van der Waals surface area contributed by atoms with Gasteiger partial charge in [0, 0.05) is 0 Å². The molecule has 0 N–H and O–H groups in total. The zero-order valence-corrected chi connectivity index (χ0v) is 9.17. The molecule has 0 rings (SSSR count). The van der Waals surface area contributed by atoms with Gasteiger partial charge in [-0.25, -0.2) is 0 Å². The molecule has 0 atom stereocenters. The first kappa shape index (κ1) is 9.26. The van der Waals surface area contributed by atoms with Gasteiger partial charge in [-0.3, -0.25) is 0 Å². The molecule has 0 aromatic rings. The molecule has 0 unspecified atom stereocenters. The van der Waals surface area contributed by atoms with Crippen LogP contribution in [0.5, 0.6) is 0 Å². The molecule has 0 saturated carbocycles. The monoisotopic (exact) mass is 306 g/mol. The molecule has 0 spiro atoms. The number of alkyl halides is 3. The summed E-state index contributed by atoms with van der Waals surface area (Å²) in [4.78, 5) is 0. The van der Waals surface area contributed by atoms with Gasteiger partial charge in [-0.15, -0.1) is 0 Å². The van der Waals surface area contributed by atoms with Crippen LogP contribution in [0.25, 0.3) is 0 Å². The SMILES string of the molecule is ClC(Cl)(Cl)P(Br)Br. The standard InChI is InChI=1S/CBr2Cl3P/c2-7(3)1(4,5)6. The normalized spacial score (nSPS) is 12.9. The highest BCUT2D eigenvalue weighted by Crippen LogP contribution is 2.68. The van der Waals surface area contributed by atoms with E-state index in [0.29, 0.717) is 0 Å². The maximum Gasteiger partial charge on any atom is 0.228 e. The second kappa shape index (κ2) is 3.43. The van der Waals surface area contributed by atoms with Gasteiger partial charge in [0.25, 0.3) is 0 Å². The Labute approximate surface area is 74.1 Å². The molecule has 0 aromatic heterocycles. The van der Waals surface area contributed by atoms with Crippen molar-refractivity contribution in [3.63, 3.8) is 0 Å². The summed E-state index contributed by atoms with van der Waals surface area (Å²) in [5.41, 5.74) is 0. The lowest BCUT2D eigenvalue weighted by Gasteiger charge is -2.09. The Bertz CT molecular complexity index is 58.4. The molecule has 0 aliphatic rings. The predicted molar refractivity (Wildman–Crippen MR) is 45.1 cm³/mol. The van der Waals surface area contributed by atoms with Crippen LogP contribution in [0.1, 0.15) is 0 Å². The Kier molecular flexibility index (Phi) is 4.54. The van der Waals surface area contributed by atoms with Crippen molar-refractivity contribution in [2.24, 2.45) is 0 Å². The lowest BCUT2D eigenvalue weighted by atomic mass is 11.8. The van der Waals surface area contributed by atoms with Gasteiger partial charge in [0.1, 0.15) is 0 Å². The van der Waals surface area contributed by atoms with Crippen LogP contribution in [0.3, 0.4) is 0 Å². The molecule has 0 nitrogen and oxygen atoms in total. The zero-order chi connectivity index (χ0) is 6.08. The number of hydrogen-bond acceptors (Lipinski definition) is 0. The van der Waals surface area contributed by atoms with E-state index in [1.165, 1.54) is 0 Å². The fourth-order valence-electron chi connectivity index (χ4n) is 0. The lowest BCUT2D eigenvalue weighted by molar-refractivity contribution is 1.79. The van der Waals surface area contributed by atoms with Crippen LogP contribution in [-0.2, 0) is 0 Å². The molecular weight excluding hydrogens is 309 g/mol. The van der Waals surface area contributed by atoms with Crippen LogP contribution in [0, 0.1) is 0 Å². The first-order valence-electron chi connectivity index (χ1n) is 1.13. The Hall–Kier alpha value is 2.26. The zero-order valence-electron chi connectivity index (χ0n) is 2.84. The average Bonchev–Trinajstić information content (AvgIpc) is 1.31. The average molecular weight is 309 g/mol. The molecule has 0 radical (unpaired) electrons. The molecule has 0 bridgehead atoms. The minimum atomic E-state index is -1.19. The van der Waals surface area contributed by atoms with E-state index in [2.05, 4.69) is 31.0 Å². The number of rotatable bonds is 0. The third kappa shape index (κ3) is 4.74. The molecule has 7 heavy (non-hydrogen) atoms. The van der Waals surface area contributed by atoms with Crippen LogP contribution in [-0.4, -0.2) is 3.53 Å². The maximum absolute atomic E-state index is 5.33. The lowest BCUT2D eigenvalue weighted by Crippen LogP contribution is -1.87. The summed E-state index contributed by atoms with van der Waals surface area (Å²) >= 11 is 22.2. The second-order valence-corrected chi connectivity index (χ2v) is 12.0. The molecule has 6 heteroatoms. The molecule has 0 fully saturated rings. The van der Waals surface area contributed by atoms with Crippen LogP contribution >= 0.6 is 71.1 Å². The van der Waals surface area contributed by atoms with E-state index in [9.17, 15) is 0 Å². The van der Waals surface area contributed by atoms with Crippen molar-refractivity contribution in [3.8, 4) is 0 Å². The summed E-state index contributed by atoms with van der Waals surface area (Å²) in [7, 11) is 0. The quantitative estimate of drug-likeness (QED) is 0.459. The van der Waals surface area contributed by atoms with Gasteiger partial charge in [0.05, 0.1) is 5.33 Å². The van der Waals surface area contributed by atoms with Gasteiger partial charge in [-0.2, -0.15) is 0 Å². The minimum absolute atomic E-state index is 0.820. The van der Waals surface area contributed by atoms with Gasteiger partial charge in [0.15, 0.2) is 0 Å². The summed E-state index contributed by atoms with van der Waals surface area (Å²) in [5, 5.41) is -0.820. The van der Waals surface area contributed by atoms with Crippen LogP contribution in [0.4, 0.5) is 0 Å². The summed E-state index contributed by atoms with van der Waals surface area (Å²) in [6.45, 7) is 0. The number of hydrogen-bond donors (Lipinski definition) is 0. The van der Waals surface area contributed by atoms with E-state index >= 15 is 0 Å². The van der Waals surface area contributed by atoms with Crippen molar-refractivity contribution in [1.82, 2.24) is 0 Å². The number of halogens is 5. The van der Waals surface area contributed by atoms with Gasteiger partial charge in [0.2, 0.25) is 3.53 Å². The van der Waals surface area contributed by atoms with Crippen molar-refractivity contribution in [2.45, 2.75) is 3.53 Å². The highest BCUT2D eigenvalue weighted by molar-refractivity contribution is 9.69. The van der Waals surface area contributed by atoms with Gasteiger partial charge in [-0.05, 0) is 31.0 Å². The third-order valence-electron chi connectivity index (χ3n) is 0.192. The smallest absolute Gasteiger partial charge is 0.0769 e. The maximum atomic E-state index is 5.33. The highest BCUT2D eigenvalue weighted by atomic mass is 79.9. The fraction of sp³-hybridized carbons (Fsp3) is 1.00. The van der Waals surface area contributed by atoms with Crippen molar-refractivity contribution in [2.75, 3.05) is 0 Å². The van der Waals surface area contributed by atoms with Crippen LogP contribution < -0.4 is 0 Å². The molecule has 0 amide bonds. The van der Waals surface area contributed by atoms with Crippen molar-refractivity contribution >= 4 is 71.1 Å². The molecule has 0 aliphatic carbocycles. The van der Waals surface area contributed by atoms with E-state index in [4.69, 9.17) is 34.8 Å². The van der Waals surface area contributed by atoms with E-state index in [1.807, 2.05) is 0 Å². The molecular formula is CBr2Cl3P. The van der Waals surface area contributed by atoms with E-state index in [0.717, 1.165) is 0 Å². The van der Waals surface area contributed by atoms with Crippen LogP contribution in [0.2, 0.25) is 0 Å². The Morgan fingerprint density at radius 1 is 1.14 bits per heavy atom. The Morgan fingerprint density at radius 3 is 1.29 bits per heavy atom. The molecule has 0 saturated heterocycles. The van der Waals surface area contributed by atoms with Crippen molar-refractivity contribution in [3.05, 3.63) is 0 Å². The molecule has 0 heterocycles. The Balaban J connectivity index is 3.54. The van der Waals surface area contributed by atoms with E-state index in [-0.39, 0.29) is 0 Å². The van der Waals surface area contributed by atoms with Gasteiger partial charge >= 0.3 is 0 Å². The fourth-order valence-corrected chi connectivity index (χ4v) is 0. The van der Waals surface area contributed by atoms with E-state index < -0.39 is 8.86 Å². The third-order valence-corrected chi connectivity index (χ3v) is 8.96. The van der Waals surface area contributed by atoms with E-state index in [1.54, 1.807) is 0 Å². The molecule has 0 aromatic carbocycles.